The number of likely N-dealkylation sites (tertiary alicyclic amines) is 1. The summed E-state index contributed by atoms with van der Waals surface area (Å²) in [6.07, 6.45) is -0.672. The number of anilines is 1. The Hall–Kier alpha value is -2.98. The number of ether oxygens (including phenoxy) is 1. The molecule has 0 aliphatic carbocycles. The van der Waals surface area contributed by atoms with Gasteiger partial charge in [-0.3, -0.25) is 9.59 Å². The molecule has 2 aliphatic rings. The van der Waals surface area contributed by atoms with Crippen molar-refractivity contribution in [3.8, 4) is 0 Å². The van der Waals surface area contributed by atoms with Crippen LogP contribution in [-0.2, 0) is 27.2 Å². The quantitative estimate of drug-likeness (QED) is 0.128. The molecule has 2 fully saturated rings. The van der Waals surface area contributed by atoms with Gasteiger partial charge in [0, 0.05) is 45.2 Å². The van der Waals surface area contributed by atoms with E-state index in [0.29, 0.717) is 48.7 Å². The molecule has 4 rings (SSSR count). The van der Waals surface area contributed by atoms with Gasteiger partial charge in [0.2, 0.25) is 11.9 Å². The van der Waals surface area contributed by atoms with Gasteiger partial charge >= 0.3 is 5.97 Å². The number of aliphatic hydroxyl groups is 5. The van der Waals surface area contributed by atoms with Crippen LogP contribution in [0.5, 0.6) is 0 Å². The van der Waals surface area contributed by atoms with Gasteiger partial charge in [0.05, 0.1) is 49.6 Å². The van der Waals surface area contributed by atoms with Gasteiger partial charge < -0.3 is 45.4 Å². The maximum atomic E-state index is 14.8. The van der Waals surface area contributed by atoms with Crippen molar-refractivity contribution >= 4 is 29.4 Å². The summed E-state index contributed by atoms with van der Waals surface area (Å²) in [5.41, 5.74) is 0.704. The van der Waals surface area contributed by atoms with Gasteiger partial charge in [-0.05, 0) is 42.4 Å². The monoisotopic (exact) mass is 667 g/mol. The minimum absolute atomic E-state index is 0.0622. The zero-order valence-electron chi connectivity index (χ0n) is 25.5. The van der Waals surface area contributed by atoms with Crippen LogP contribution in [0.15, 0.2) is 30.6 Å². The third-order valence-corrected chi connectivity index (χ3v) is 8.72. The van der Waals surface area contributed by atoms with E-state index in [1.807, 2.05) is 0 Å². The lowest BCUT2D eigenvalue weighted by Gasteiger charge is -2.39. The summed E-state index contributed by atoms with van der Waals surface area (Å²) >= 11 is 5.86. The fourth-order valence-electron chi connectivity index (χ4n) is 5.59. The number of halogens is 2. The molecule has 2 aromatic rings. The SMILES string of the molecule is O=C(Cc1ccc(CC(=O)N2CC(CNCC(O)C(O)C(O)C(O)CO)C2)c(F)c1)OCCC1CCN(c2ncc(Cl)cn2)CC1. The Kier molecular flexibility index (Phi) is 13.5. The minimum atomic E-state index is -1.69. The summed E-state index contributed by atoms with van der Waals surface area (Å²) < 4.78 is 20.2. The first-order valence-electron chi connectivity index (χ1n) is 15.5. The first-order chi connectivity index (χ1) is 22.0. The highest BCUT2D eigenvalue weighted by atomic mass is 35.5. The fraction of sp³-hybridized carbons (Fsp3) is 0.613. The Morgan fingerprint density at radius 2 is 1.70 bits per heavy atom. The van der Waals surface area contributed by atoms with Gasteiger partial charge in [-0.15, -0.1) is 0 Å². The molecule has 6 N–H and O–H groups in total. The number of rotatable bonds is 16. The maximum Gasteiger partial charge on any atom is 0.310 e. The zero-order valence-corrected chi connectivity index (χ0v) is 26.3. The number of carbonyl (C=O) groups excluding carboxylic acids is 2. The van der Waals surface area contributed by atoms with Crippen LogP contribution in [-0.4, -0.2) is 129 Å². The molecule has 0 bridgehead atoms. The lowest BCUT2D eigenvalue weighted by molar-refractivity contribution is -0.143. The second-order valence-corrected chi connectivity index (χ2v) is 12.5. The standard InChI is InChI=1S/C31H43ClFN5O8/c32-23-13-35-31(36-14-23)37-6-3-19(4-7-37)5-8-46-28(43)10-20-1-2-22(24(33)9-20)11-27(42)38-16-21(17-38)12-34-15-25(40)29(44)30(45)26(41)18-39/h1-2,9,13-14,19,21,25-26,29-30,34,39-41,44-45H,3-8,10-12,15-18H2. The van der Waals surface area contributed by atoms with Crippen molar-refractivity contribution in [2.24, 2.45) is 11.8 Å². The number of benzene rings is 1. The number of esters is 1. The smallest absolute Gasteiger partial charge is 0.310 e. The second-order valence-electron chi connectivity index (χ2n) is 12.0. The van der Waals surface area contributed by atoms with E-state index in [-0.39, 0.29) is 36.8 Å². The van der Waals surface area contributed by atoms with Gasteiger partial charge in [-0.2, -0.15) is 0 Å². The highest BCUT2D eigenvalue weighted by Gasteiger charge is 2.32. The van der Waals surface area contributed by atoms with Gasteiger partial charge in [-0.25, -0.2) is 14.4 Å². The van der Waals surface area contributed by atoms with E-state index in [4.69, 9.17) is 21.4 Å². The van der Waals surface area contributed by atoms with E-state index in [9.17, 15) is 34.4 Å². The van der Waals surface area contributed by atoms with Crippen LogP contribution in [0.1, 0.15) is 30.4 Å². The van der Waals surface area contributed by atoms with E-state index in [1.54, 1.807) is 23.4 Å². The second kappa shape index (κ2) is 17.3. The van der Waals surface area contributed by atoms with Crippen molar-refractivity contribution in [2.45, 2.75) is 56.5 Å². The predicted molar refractivity (Wildman–Crippen MR) is 165 cm³/mol. The topological polar surface area (TPSA) is 189 Å². The molecular weight excluding hydrogens is 625 g/mol. The summed E-state index contributed by atoms with van der Waals surface area (Å²) in [4.78, 5) is 37.2. The van der Waals surface area contributed by atoms with E-state index in [1.165, 1.54) is 12.1 Å². The van der Waals surface area contributed by atoms with Crippen LogP contribution >= 0.6 is 11.6 Å². The molecule has 13 nitrogen and oxygen atoms in total. The fourth-order valence-corrected chi connectivity index (χ4v) is 5.69. The third-order valence-electron chi connectivity index (χ3n) is 8.52. The van der Waals surface area contributed by atoms with Crippen molar-refractivity contribution in [2.75, 3.05) is 57.4 Å². The molecule has 1 aromatic heterocycles. The molecule has 2 saturated heterocycles. The summed E-state index contributed by atoms with van der Waals surface area (Å²) in [5, 5.41) is 51.2. The number of nitrogens with one attached hydrogen (secondary N) is 1. The van der Waals surface area contributed by atoms with E-state index >= 15 is 0 Å². The number of piperidine rings is 1. The van der Waals surface area contributed by atoms with Crippen molar-refractivity contribution in [3.63, 3.8) is 0 Å². The summed E-state index contributed by atoms with van der Waals surface area (Å²) in [6.45, 7) is 2.43. The number of carbonyl (C=O) groups is 2. The summed E-state index contributed by atoms with van der Waals surface area (Å²) in [6, 6.07) is 4.40. The Labute approximate surface area is 272 Å². The molecule has 4 unspecified atom stereocenters. The average molecular weight is 668 g/mol. The number of aliphatic hydroxyl groups excluding tert-OH is 5. The first kappa shape index (κ1) is 35.9. The lowest BCUT2D eigenvalue weighted by atomic mass is 9.94. The highest BCUT2D eigenvalue weighted by molar-refractivity contribution is 6.30. The van der Waals surface area contributed by atoms with Crippen LogP contribution in [0.4, 0.5) is 10.3 Å². The van der Waals surface area contributed by atoms with Crippen LogP contribution in [0.25, 0.3) is 0 Å². The zero-order chi connectivity index (χ0) is 33.2. The van der Waals surface area contributed by atoms with Gasteiger partial charge in [-0.1, -0.05) is 23.7 Å². The van der Waals surface area contributed by atoms with Gasteiger partial charge in [0.15, 0.2) is 0 Å². The van der Waals surface area contributed by atoms with Crippen molar-refractivity contribution in [1.82, 2.24) is 20.2 Å². The molecule has 15 heteroatoms. The highest BCUT2D eigenvalue weighted by Crippen LogP contribution is 2.24. The van der Waals surface area contributed by atoms with E-state index in [2.05, 4.69) is 20.2 Å². The Bertz CT molecular complexity index is 1280. The molecule has 0 spiro atoms. The Morgan fingerprint density at radius 1 is 1.02 bits per heavy atom. The predicted octanol–water partition coefficient (Wildman–Crippen LogP) is -0.312. The number of amides is 1. The summed E-state index contributed by atoms with van der Waals surface area (Å²) in [5.74, 6) is -0.0541. The first-order valence-corrected chi connectivity index (χ1v) is 15.9. The third kappa shape index (κ3) is 10.3. The molecule has 4 atom stereocenters. The van der Waals surface area contributed by atoms with Crippen LogP contribution in [0, 0.1) is 17.7 Å². The van der Waals surface area contributed by atoms with E-state index < -0.39 is 42.8 Å². The molecule has 3 heterocycles. The molecule has 1 amide bonds. The van der Waals surface area contributed by atoms with Crippen molar-refractivity contribution in [3.05, 3.63) is 52.6 Å². The van der Waals surface area contributed by atoms with Gasteiger partial charge in [0.25, 0.3) is 0 Å². The van der Waals surface area contributed by atoms with Crippen molar-refractivity contribution < 1.29 is 44.2 Å². The molecular formula is C31H43ClFN5O8. The molecule has 254 valence electrons. The molecule has 0 saturated carbocycles. The Balaban J connectivity index is 1.09. The molecule has 0 radical (unpaired) electrons. The van der Waals surface area contributed by atoms with Crippen LogP contribution < -0.4 is 10.2 Å². The van der Waals surface area contributed by atoms with Crippen LogP contribution in [0.2, 0.25) is 5.02 Å². The van der Waals surface area contributed by atoms with Crippen molar-refractivity contribution in [1.29, 1.82) is 0 Å². The number of hydrogen-bond donors (Lipinski definition) is 6. The maximum absolute atomic E-state index is 14.8. The lowest BCUT2D eigenvalue weighted by Crippen LogP contribution is -2.55. The average Bonchev–Trinajstić information content (AvgIpc) is 3.02. The largest absolute Gasteiger partial charge is 0.465 e. The minimum Gasteiger partial charge on any atom is -0.465 e. The summed E-state index contributed by atoms with van der Waals surface area (Å²) in [7, 11) is 0. The van der Waals surface area contributed by atoms with Gasteiger partial charge in [0.1, 0.15) is 24.1 Å². The van der Waals surface area contributed by atoms with E-state index in [0.717, 1.165) is 32.4 Å². The molecule has 2 aliphatic heterocycles. The van der Waals surface area contributed by atoms with Crippen LogP contribution in [0.3, 0.4) is 0 Å². The molecule has 46 heavy (non-hydrogen) atoms. The number of aromatic nitrogens is 2. The number of hydrogen-bond acceptors (Lipinski definition) is 12. The normalized spacial score (nSPS) is 18.5. The number of nitrogens with zero attached hydrogens (tertiary/aromatic N) is 4. The Morgan fingerprint density at radius 3 is 2.35 bits per heavy atom. The molecule has 1 aromatic carbocycles.